The number of nitrogens with one attached hydrogen (secondary N) is 1. The normalized spacial score (nSPS) is 10.7. The highest BCUT2D eigenvalue weighted by Gasteiger charge is 2.30. The van der Waals surface area contributed by atoms with Gasteiger partial charge in [0, 0.05) is 23.4 Å². The number of nitrogens with zero attached hydrogens (tertiary/aromatic N) is 1. The maximum atomic E-state index is 14.9. The molecule has 0 saturated carbocycles. The van der Waals surface area contributed by atoms with E-state index < -0.39 is 21.8 Å². The summed E-state index contributed by atoms with van der Waals surface area (Å²) < 4.78 is 28.7. The zero-order valence-corrected chi connectivity index (χ0v) is 18.0. The molecule has 6 nitrogen and oxygen atoms in total. The van der Waals surface area contributed by atoms with Gasteiger partial charge in [-0.1, -0.05) is 44.6 Å². The third kappa shape index (κ3) is 4.93. The molecule has 0 aliphatic rings. The number of anilines is 1. The van der Waals surface area contributed by atoms with Gasteiger partial charge in [-0.15, -0.1) is 0 Å². The molecule has 29 heavy (non-hydrogen) atoms. The van der Waals surface area contributed by atoms with Crippen LogP contribution in [0.15, 0.2) is 24.3 Å². The van der Waals surface area contributed by atoms with Crippen molar-refractivity contribution in [3.05, 3.63) is 56.9 Å². The molecule has 2 aromatic carbocycles. The van der Waals surface area contributed by atoms with Crippen molar-refractivity contribution in [3.8, 4) is 23.3 Å². The third-order valence-electron chi connectivity index (χ3n) is 4.15. The number of rotatable bonds is 5. The topological polar surface area (TPSA) is 73.6 Å². The molecule has 0 saturated heterocycles. The average Bonchev–Trinajstić information content (AvgIpc) is 2.66. The number of hydrogen-bond acceptors (Lipinski definition) is 6. The smallest absolute Gasteiger partial charge is 0.306 e. The van der Waals surface area contributed by atoms with Crippen LogP contribution in [0.1, 0.15) is 37.5 Å². The van der Waals surface area contributed by atoms with Gasteiger partial charge >= 0.3 is 5.69 Å². The Labute approximate surface area is 174 Å². The van der Waals surface area contributed by atoms with E-state index in [4.69, 9.17) is 9.47 Å². The number of benzene rings is 2. The third-order valence-corrected chi connectivity index (χ3v) is 4.58. The van der Waals surface area contributed by atoms with Crippen LogP contribution in [0.25, 0.3) is 0 Å². The van der Waals surface area contributed by atoms with E-state index in [2.05, 4.69) is 16.6 Å². The Hall–Kier alpha value is -2.92. The van der Waals surface area contributed by atoms with Crippen LogP contribution in [-0.4, -0.2) is 25.4 Å². The van der Waals surface area contributed by atoms with Crippen molar-refractivity contribution in [3.63, 3.8) is 0 Å². The predicted molar refractivity (Wildman–Crippen MR) is 114 cm³/mol. The first-order valence-electron chi connectivity index (χ1n) is 8.68. The summed E-state index contributed by atoms with van der Waals surface area (Å²) in [5.74, 6) is 5.34. The minimum Gasteiger partial charge on any atom is -0.495 e. The van der Waals surface area contributed by atoms with Gasteiger partial charge in [-0.3, -0.25) is 10.1 Å². The highest BCUT2D eigenvalue weighted by molar-refractivity contribution is 7.99. The van der Waals surface area contributed by atoms with Crippen LogP contribution in [-0.2, 0) is 5.41 Å². The zero-order valence-electron chi connectivity index (χ0n) is 17.2. The molecule has 0 spiro atoms. The fraction of sp³-hybridized carbons (Fsp3) is 0.333. The number of hydrogen-bond donors (Lipinski definition) is 1. The highest BCUT2D eigenvalue weighted by atomic mass is 32.2. The second-order valence-electron chi connectivity index (χ2n) is 7.14. The Morgan fingerprint density at radius 1 is 1.17 bits per heavy atom. The van der Waals surface area contributed by atoms with Crippen LogP contribution in [0.3, 0.4) is 0 Å². The highest BCUT2D eigenvalue weighted by Crippen LogP contribution is 2.39. The Morgan fingerprint density at radius 2 is 1.86 bits per heavy atom. The summed E-state index contributed by atoms with van der Waals surface area (Å²) in [5.41, 5.74) is 0.580. The van der Waals surface area contributed by atoms with Gasteiger partial charge in [0.05, 0.1) is 24.8 Å². The van der Waals surface area contributed by atoms with Gasteiger partial charge in [0.1, 0.15) is 17.1 Å². The quantitative estimate of drug-likeness (QED) is 0.314. The van der Waals surface area contributed by atoms with Crippen LogP contribution in [0.5, 0.6) is 11.5 Å². The van der Waals surface area contributed by atoms with E-state index >= 15 is 0 Å². The predicted octanol–water partition coefficient (Wildman–Crippen LogP) is 5.14. The van der Waals surface area contributed by atoms with Gasteiger partial charge in [0.2, 0.25) is 5.82 Å². The number of halogens is 1. The number of methoxy groups -OCH3 is 2. The number of nitro benzene ring substituents is 1. The monoisotopic (exact) mass is 418 g/mol. The standard InChI is InChI=1S/C21H23FN2O4S/c1-21(2,3)15-12-17(24(25)26)19(22)14(20(15)28-5)9-7-13-8-10-16(23-29-6)18(11-13)27-4/h8,10-12,23H,1-6H3. The first-order chi connectivity index (χ1) is 13.6. The Kier molecular flexibility index (Phi) is 6.98. The SMILES string of the molecule is COc1cc(C#Cc2c(F)c([N+](=O)[O-])cc(C(C)(C)C)c2OC)ccc1NSC. The van der Waals surface area contributed by atoms with Crippen molar-refractivity contribution >= 4 is 23.3 Å². The summed E-state index contributed by atoms with van der Waals surface area (Å²) in [6.07, 6.45) is 1.89. The molecular weight excluding hydrogens is 395 g/mol. The second-order valence-corrected chi connectivity index (χ2v) is 7.76. The molecule has 2 aromatic rings. The maximum Gasteiger partial charge on any atom is 0.306 e. The Morgan fingerprint density at radius 3 is 2.38 bits per heavy atom. The Balaban J connectivity index is 2.67. The van der Waals surface area contributed by atoms with E-state index in [9.17, 15) is 14.5 Å². The molecule has 8 heteroatoms. The van der Waals surface area contributed by atoms with Gasteiger partial charge < -0.3 is 14.2 Å². The fourth-order valence-corrected chi connectivity index (χ4v) is 3.13. The minimum atomic E-state index is -1.01. The van der Waals surface area contributed by atoms with Crippen LogP contribution in [0.2, 0.25) is 0 Å². The summed E-state index contributed by atoms with van der Waals surface area (Å²) >= 11 is 1.42. The van der Waals surface area contributed by atoms with E-state index in [1.165, 1.54) is 32.2 Å². The lowest BCUT2D eigenvalue weighted by molar-refractivity contribution is -0.387. The first-order valence-corrected chi connectivity index (χ1v) is 9.90. The van der Waals surface area contributed by atoms with Crippen molar-refractivity contribution in [1.82, 2.24) is 0 Å². The molecule has 0 fully saturated rings. The second kappa shape index (κ2) is 9.05. The molecule has 0 radical (unpaired) electrons. The Bertz CT molecular complexity index is 991. The summed E-state index contributed by atoms with van der Waals surface area (Å²) in [6, 6.07) is 6.46. The summed E-state index contributed by atoms with van der Waals surface area (Å²) in [7, 11) is 2.93. The number of nitro groups is 1. The molecular formula is C21H23FN2O4S. The number of ether oxygens (including phenoxy) is 2. The van der Waals surface area contributed by atoms with E-state index in [0.717, 1.165) is 5.69 Å². The van der Waals surface area contributed by atoms with Gasteiger partial charge in [-0.05, 0) is 23.6 Å². The van der Waals surface area contributed by atoms with Gasteiger partial charge in [0.15, 0.2) is 0 Å². The van der Waals surface area contributed by atoms with Crippen molar-refractivity contribution in [1.29, 1.82) is 0 Å². The lowest BCUT2D eigenvalue weighted by Gasteiger charge is -2.23. The molecule has 0 aromatic heterocycles. The van der Waals surface area contributed by atoms with Crippen molar-refractivity contribution < 1.29 is 18.8 Å². The molecule has 0 aliphatic heterocycles. The first kappa shape index (κ1) is 22.4. The van der Waals surface area contributed by atoms with Crippen LogP contribution in [0.4, 0.5) is 15.8 Å². The van der Waals surface area contributed by atoms with E-state index in [0.29, 0.717) is 16.9 Å². The molecule has 154 valence electrons. The molecule has 0 aliphatic carbocycles. The van der Waals surface area contributed by atoms with Crippen LogP contribution >= 0.6 is 11.9 Å². The van der Waals surface area contributed by atoms with E-state index in [-0.39, 0.29) is 11.3 Å². The lowest BCUT2D eigenvalue weighted by atomic mass is 9.84. The summed E-state index contributed by atoms with van der Waals surface area (Å²) in [5, 5.41) is 11.4. The van der Waals surface area contributed by atoms with Gasteiger partial charge in [-0.2, -0.15) is 4.39 Å². The van der Waals surface area contributed by atoms with Crippen LogP contribution in [0, 0.1) is 27.8 Å². The summed E-state index contributed by atoms with van der Waals surface area (Å²) in [4.78, 5) is 10.6. The molecule has 2 rings (SSSR count). The van der Waals surface area contributed by atoms with Crippen molar-refractivity contribution in [2.75, 3.05) is 25.2 Å². The van der Waals surface area contributed by atoms with Crippen molar-refractivity contribution in [2.24, 2.45) is 0 Å². The molecule has 0 bridgehead atoms. The molecule has 0 amide bonds. The molecule has 0 atom stereocenters. The minimum absolute atomic E-state index is 0.142. The van der Waals surface area contributed by atoms with E-state index in [1.54, 1.807) is 18.2 Å². The van der Waals surface area contributed by atoms with Gasteiger partial charge in [-0.25, -0.2) is 0 Å². The summed E-state index contributed by atoms with van der Waals surface area (Å²) in [6.45, 7) is 5.60. The van der Waals surface area contributed by atoms with E-state index in [1.807, 2.05) is 27.0 Å². The molecule has 0 unspecified atom stereocenters. The average molecular weight is 418 g/mol. The molecule has 1 N–H and O–H groups in total. The maximum absolute atomic E-state index is 14.9. The lowest BCUT2D eigenvalue weighted by Crippen LogP contribution is -2.15. The van der Waals surface area contributed by atoms with Crippen molar-refractivity contribution in [2.45, 2.75) is 26.2 Å². The molecule has 0 heterocycles. The largest absolute Gasteiger partial charge is 0.495 e. The fourth-order valence-electron chi connectivity index (χ4n) is 2.74. The van der Waals surface area contributed by atoms with Crippen LogP contribution < -0.4 is 14.2 Å². The van der Waals surface area contributed by atoms with Gasteiger partial charge in [0.25, 0.3) is 0 Å². The zero-order chi connectivity index (χ0) is 21.8.